The van der Waals surface area contributed by atoms with Gasteiger partial charge >= 0.3 is 12.0 Å². The Morgan fingerprint density at radius 2 is 2.25 bits per heavy atom. The van der Waals surface area contributed by atoms with Crippen LogP contribution in [0.1, 0.15) is 36.8 Å². The first-order valence-electron chi connectivity index (χ1n) is 10.1. The predicted octanol–water partition coefficient (Wildman–Crippen LogP) is 2.56. The van der Waals surface area contributed by atoms with Gasteiger partial charge in [0, 0.05) is 31.6 Å². The first-order valence-corrected chi connectivity index (χ1v) is 10.1. The number of benzene rings is 1. The normalized spacial score (nSPS) is 29.0. The minimum Gasteiger partial charge on any atom is -0.488 e. The summed E-state index contributed by atoms with van der Waals surface area (Å²) >= 11 is 0. The second kappa shape index (κ2) is 7.62. The third kappa shape index (κ3) is 3.55. The van der Waals surface area contributed by atoms with Crippen LogP contribution in [-0.2, 0) is 16.1 Å². The Kier molecular flexibility index (Phi) is 5.19. The fourth-order valence-corrected chi connectivity index (χ4v) is 4.78. The first kappa shape index (κ1) is 19.1. The molecule has 0 bridgehead atoms. The summed E-state index contributed by atoms with van der Waals surface area (Å²) in [6.07, 6.45) is 3.39. The molecule has 0 radical (unpaired) electrons. The summed E-state index contributed by atoms with van der Waals surface area (Å²) in [4.78, 5) is 26.2. The molecule has 1 unspecified atom stereocenters. The van der Waals surface area contributed by atoms with Crippen molar-refractivity contribution in [3.8, 4) is 5.75 Å². The number of hydrogen-bond acceptors (Lipinski definition) is 4. The number of nitrogens with zero attached hydrogens (tertiary/aromatic N) is 1. The van der Waals surface area contributed by atoms with E-state index in [-0.39, 0.29) is 18.1 Å². The monoisotopic (exact) mass is 388 g/mol. The standard InChI is InChI=1S/C21H28N2O5/c1-14-4-5-15(18(9-14)28-17-6-8-27-12-17)10-22-20(26)23-11-16-3-2-7-21(16,13-23)19(24)25/h4-5,9,16-17H,2-3,6-8,10-13H2,1H3,(H,22,26)(H,24,25)/t16-,17?,21+/m0/s1. The molecule has 0 spiro atoms. The van der Waals surface area contributed by atoms with E-state index in [1.165, 1.54) is 0 Å². The van der Waals surface area contributed by atoms with Crippen molar-refractivity contribution in [1.29, 1.82) is 0 Å². The van der Waals surface area contributed by atoms with Crippen LogP contribution in [0.5, 0.6) is 5.75 Å². The number of rotatable bonds is 5. The minimum atomic E-state index is -0.765. The number of fused-ring (bicyclic) bond motifs is 1. The number of aryl methyl sites for hydroxylation is 1. The van der Waals surface area contributed by atoms with Crippen LogP contribution in [0, 0.1) is 18.3 Å². The maximum Gasteiger partial charge on any atom is 0.317 e. The highest BCUT2D eigenvalue weighted by Gasteiger charge is 2.55. The lowest BCUT2D eigenvalue weighted by molar-refractivity contribution is -0.149. The molecule has 2 heterocycles. The minimum absolute atomic E-state index is 0.0460. The van der Waals surface area contributed by atoms with Crippen LogP contribution in [0.25, 0.3) is 0 Å². The molecule has 2 saturated heterocycles. The van der Waals surface area contributed by atoms with Gasteiger partial charge in [0.1, 0.15) is 11.9 Å². The highest BCUT2D eigenvalue weighted by molar-refractivity contribution is 5.80. The van der Waals surface area contributed by atoms with Gasteiger partial charge < -0.3 is 24.8 Å². The summed E-state index contributed by atoms with van der Waals surface area (Å²) in [5, 5.41) is 12.6. The molecule has 1 aromatic carbocycles. The molecular formula is C21H28N2O5. The molecule has 4 rings (SSSR count). The van der Waals surface area contributed by atoms with Crippen molar-refractivity contribution in [2.75, 3.05) is 26.3 Å². The van der Waals surface area contributed by atoms with Crippen LogP contribution >= 0.6 is 0 Å². The van der Waals surface area contributed by atoms with Crippen molar-refractivity contribution < 1.29 is 24.2 Å². The van der Waals surface area contributed by atoms with Crippen molar-refractivity contribution in [1.82, 2.24) is 10.2 Å². The van der Waals surface area contributed by atoms with Gasteiger partial charge in [0.05, 0.1) is 18.6 Å². The van der Waals surface area contributed by atoms with E-state index in [4.69, 9.17) is 9.47 Å². The first-order chi connectivity index (χ1) is 13.5. The summed E-state index contributed by atoms with van der Waals surface area (Å²) in [5.41, 5.74) is 1.26. The lowest BCUT2D eigenvalue weighted by Crippen LogP contribution is -2.41. The molecule has 2 N–H and O–H groups in total. The molecule has 3 atom stereocenters. The van der Waals surface area contributed by atoms with Gasteiger partial charge in [-0.05, 0) is 37.3 Å². The number of hydrogen-bond donors (Lipinski definition) is 2. The van der Waals surface area contributed by atoms with E-state index in [1.54, 1.807) is 4.90 Å². The third-order valence-electron chi connectivity index (χ3n) is 6.42. The lowest BCUT2D eigenvalue weighted by Gasteiger charge is -2.23. The summed E-state index contributed by atoms with van der Waals surface area (Å²) in [5.74, 6) is 0.0748. The van der Waals surface area contributed by atoms with E-state index in [0.717, 1.165) is 36.1 Å². The fourth-order valence-electron chi connectivity index (χ4n) is 4.78. The Morgan fingerprint density at radius 1 is 1.39 bits per heavy atom. The Balaban J connectivity index is 1.39. The Morgan fingerprint density at radius 3 is 2.96 bits per heavy atom. The number of carboxylic acid groups (broad SMARTS) is 1. The highest BCUT2D eigenvalue weighted by atomic mass is 16.5. The number of amides is 2. The molecular weight excluding hydrogens is 360 g/mol. The van der Waals surface area contributed by atoms with Crippen LogP contribution < -0.4 is 10.1 Å². The zero-order chi connectivity index (χ0) is 19.7. The molecule has 2 amide bonds. The number of carbonyl (C=O) groups excluding carboxylic acids is 1. The number of nitrogens with one attached hydrogen (secondary N) is 1. The number of ether oxygens (including phenoxy) is 2. The second-order valence-electron chi connectivity index (χ2n) is 8.30. The fraction of sp³-hybridized carbons (Fsp3) is 0.619. The largest absolute Gasteiger partial charge is 0.488 e. The summed E-state index contributed by atoms with van der Waals surface area (Å²) in [6.45, 7) is 4.48. The van der Waals surface area contributed by atoms with Gasteiger partial charge in [-0.25, -0.2) is 4.79 Å². The molecule has 28 heavy (non-hydrogen) atoms. The lowest BCUT2D eigenvalue weighted by atomic mass is 9.81. The van der Waals surface area contributed by atoms with Gasteiger partial charge in [-0.2, -0.15) is 0 Å². The van der Waals surface area contributed by atoms with E-state index in [1.807, 2.05) is 25.1 Å². The van der Waals surface area contributed by atoms with E-state index < -0.39 is 11.4 Å². The second-order valence-corrected chi connectivity index (χ2v) is 8.30. The van der Waals surface area contributed by atoms with E-state index in [9.17, 15) is 14.7 Å². The molecule has 3 aliphatic rings. The number of carbonyl (C=O) groups is 2. The molecule has 3 fully saturated rings. The quantitative estimate of drug-likeness (QED) is 0.809. The molecule has 1 saturated carbocycles. The van der Waals surface area contributed by atoms with Crippen molar-refractivity contribution >= 4 is 12.0 Å². The van der Waals surface area contributed by atoms with Gasteiger partial charge in [0.25, 0.3) is 0 Å². The van der Waals surface area contributed by atoms with Crippen LogP contribution in [-0.4, -0.2) is 54.4 Å². The number of carboxylic acids is 1. The van der Waals surface area contributed by atoms with E-state index in [2.05, 4.69) is 5.32 Å². The maximum absolute atomic E-state index is 12.7. The summed E-state index contributed by atoms with van der Waals surface area (Å²) in [6, 6.07) is 5.75. The van der Waals surface area contributed by atoms with Crippen LogP contribution in [0.2, 0.25) is 0 Å². The smallest absolute Gasteiger partial charge is 0.317 e. The number of aliphatic carboxylic acids is 1. The number of urea groups is 1. The van der Waals surface area contributed by atoms with Gasteiger partial charge in [-0.15, -0.1) is 0 Å². The summed E-state index contributed by atoms with van der Waals surface area (Å²) < 4.78 is 11.5. The Hall–Kier alpha value is -2.28. The van der Waals surface area contributed by atoms with E-state index in [0.29, 0.717) is 39.3 Å². The topological polar surface area (TPSA) is 88.1 Å². The van der Waals surface area contributed by atoms with Crippen LogP contribution in [0.15, 0.2) is 18.2 Å². The molecule has 152 valence electrons. The SMILES string of the molecule is Cc1ccc(CNC(=O)N2C[C@@H]3CCC[C@@]3(C(=O)O)C2)c(OC2CCOC2)c1. The average molecular weight is 388 g/mol. The zero-order valence-electron chi connectivity index (χ0n) is 16.3. The van der Waals surface area contributed by atoms with Crippen LogP contribution in [0.3, 0.4) is 0 Å². The van der Waals surface area contributed by atoms with Crippen LogP contribution in [0.4, 0.5) is 4.79 Å². The zero-order valence-corrected chi connectivity index (χ0v) is 16.3. The molecule has 0 aromatic heterocycles. The molecule has 7 nitrogen and oxygen atoms in total. The van der Waals surface area contributed by atoms with Crippen molar-refractivity contribution in [3.63, 3.8) is 0 Å². The molecule has 1 aliphatic carbocycles. The van der Waals surface area contributed by atoms with E-state index >= 15 is 0 Å². The van der Waals surface area contributed by atoms with Crippen molar-refractivity contribution in [2.24, 2.45) is 11.3 Å². The molecule has 7 heteroatoms. The summed E-state index contributed by atoms with van der Waals surface area (Å²) in [7, 11) is 0. The van der Waals surface area contributed by atoms with Gasteiger partial charge in [0.15, 0.2) is 0 Å². The van der Waals surface area contributed by atoms with Gasteiger partial charge in [-0.3, -0.25) is 4.79 Å². The highest BCUT2D eigenvalue weighted by Crippen LogP contribution is 2.48. The number of likely N-dealkylation sites (tertiary alicyclic amines) is 1. The van der Waals surface area contributed by atoms with Crippen molar-refractivity contribution in [3.05, 3.63) is 29.3 Å². The third-order valence-corrected chi connectivity index (χ3v) is 6.42. The van der Waals surface area contributed by atoms with Crippen molar-refractivity contribution in [2.45, 2.75) is 45.3 Å². The predicted molar refractivity (Wildman–Crippen MR) is 102 cm³/mol. The van der Waals surface area contributed by atoms with Gasteiger partial charge in [-0.1, -0.05) is 18.6 Å². The maximum atomic E-state index is 12.7. The average Bonchev–Trinajstić information content (AvgIpc) is 3.36. The Labute approximate surface area is 165 Å². The molecule has 2 aliphatic heterocycles. The van der Waals surface area contributed by atoms with Gasteiger partial charge in [0.2, 0.25) is 0 Å². The molecule has 1 aromatic rings. The Bertz CT molecular complexity index is 761.